The Labute approximate surface area is 187 Å². The van der Waals surface area contributed by atoms with Crippen molar-refractivity contribution in [1.29, 1.82) is 0 Å². The first kappa shape index (κ1) is 20.2. The summed E-state index contributed by atoms with van der Waals surface area (Å²) in [7, 11) is 0. The zero-order valence-corrected chi connectivity index (χ0v) is 18.8. The van der Waals surface area contributed by atoms with Gasteiger partial charge in [-0.1, -0.05) is 23.5 Å². The van der Waals surface area contributed by atoms with Crippen molar-refractivity contribution in [1.82, 2.24) is 4.48 Å². The number of hydrogen-bond acceptors (Lipinski definition) is 4. The molecule has 0 saturated carbocycles. The summed E-state index contributed by atoms with van der Waals surface area (Å²) in [5.74, 6) is -1.62. The minimum absolute atomic E-state index is 0.0327. The SMILES string of the molecule is Cc1ccc2c(c1)[N+]1(CC1C(=O)O)C(=Cc1sc3ccc(C)cc3[n+]1CCC(=O)O)S2. The number of benzene rings is 2. The zero-order chi connectivity index (χ0) is 21.9. The second kappa shape index (κ2) is 7.19. The van der Waals surface area contributed by atoms with Gasteiger partial charge < -0.3 is 10.2 Å². The van der Waals surface area contributed by atoms with E-state index in [4.69, 9.17) is 0 Å². The molecule has 158 valence electrons. The maximum Gasteiger partial charge on any atom is 0.369 e. The summed E-state index contributed by atoms with van der Waals surface area (Å²) in [6.07, 6.45) is 2.11. The number of hydrogen-bond donors (Lipinski definition) is 2. The maximum atomic E-state index is 11.9. The van der Waals surface area contributed by atoms with Crippen LogP contribution in [0.5, 0.6) is 0 Å². The van der Waals surface area contributed by atoms with E-state index in [2.05, 4.69) is 47.0 Å². The molecule has 1 spiro atoms. The Balaban J connectivity index is 1.66. The number of quaternary nitrogens is 1. The number of thioether (sulfide) groups is 1. The summed E-state index contributed by atoms with van der Waals surface area (Å²) < 4.78 is 3.49. The molecule has 2 unspecified atom stereocenters. The van der Waals surface area contributed by atoms with Crippen LogP contribution >= 0.6 is 23.1 Å². The van der Waals surface area contributed by atoms with E-state index in [1.54, 1.807) is 23.1 Å². The number of aliphatic carboxylic acids is 2. The standard InChI is InChI=1S/C23H20N2O4S2/c1-13-3-5-18-15(9-13)24(8-7-22(26)27)20(30-18)11-21-25(12-17(25)23(28)29)16-10-14(2)4-6-19(16)31-21/h3-6,9-11,17H,7-8,12H2,1-2H3/p+2. The van der Waals surface area contributed by atoms with Crippen LogP contribution in [0.2, 0.25) is 0 Å². The van der Waals surface area contributed by atoms with Gasteiger partial charge in [-0.15, -0.1) is 0 Å². The molecule has 1 saturated heterocycles. The largest absolute Gasteiger partial charge is 0.481 e. The lowest BCUT2D eigenvalue weighted by molar-refractivity contribution is -0.667. The first-order valence-electron chi connectivity index (χ1n) is 10.1. The van der Waals surface area contributed by atoms with Crippen LogP contribution in [0.3, 0.4) is 0 Å². The van der Waals surface area contributed by atoms with Crippen molar-refractivity contribution in [3.05, 3.63) is 57.6 Å². The summed E-state index contributed by atoms with van der Waals surface area (Å²) in [6, 6.07) is 11.9. The molecule has 0 bridgehead atoms. The summed E-state index contributed by atoms with van der Waals surface area (Å²) in [4.78, 5) is 24.3. The number of aromatic nitrogens is 1. The number of nitrogens with zero attached hydrogens (tertiary/aromatic N) is 2. The van der Waals surface area contributed by atoms with Crippen LogP contribution in [0.4, 0.5) is 5.69 Å². The molecule has 2 aromatic carbocycles. The van der Waals surface area contributed by atoms with Crippen LogP contribution in [-0.4, -0.2) is 34.7 Å². The molecule has 5 rings (SSSR count). The van der Waals surface area contributed by atoms with Crippen LogP contribution in [0, 0.1) is 13.8 Å². The molecule has 2 aliphatic heterocycles. The minimum atomic E-state index is -0.836. The Morgan fingerprint density at radius 1 is 1.16 bits per heavy atom. The Hall–Kier alpha value is -2.68. The normalized spacial score (nSPS) is 22.9. The van der Waals surface area contributed by atoms with E-state index in [0.717, 1.165) is 42.0 Å². The average molecular weight is 455 g/mol. The van der Waals surface area contributed by atoms with Gasteiger partial charge in [-0.05, 0) is 48.9 Å². The molecule has 1 aromatic heterocycles. The fourth-order valence-electron chi connectivity index (χ4n) is 4.35. The van der Waals surface area contributed by atoms with Gasteiger partial charge in [0, 0.05) is 12.1 Å². The van der Waals surface area contributed by atoms with Gasteiger partial charge in [0.1, 0.15) is 11.1 Å². The second-order valence-electron chi connectivity index (χ2n) is 8.17. The maximum absolute atomic E-state index is 11.9. The molecular weight excluding hydrogens is 432 g/mol. The summed E-state index contributed by atoms with van der Waals surface area (Å²) in [5.41, 5.74) is 4.30. The number of carboxylic acid groups (broad SMARTS) is 2. The lowest BCUT2D eigenvalue weighted by Crippen LogP contribution is -2.36. The number of aryl methyl sites for hydroxylation is 3. The molecule has 3 heterocycles. The lowest BCUT2D eigenvalue weighted by Gasteiger charge is -2.13. The van der Waals surface area contributed by atoms with Crippen LogP contribution in [0.15, 0.2) is 46.3 Å². The molecule has 1 fully saturated rings. The van der Waals surface area contributed by atoms with Gasteiger partial charge in [0.25, 0.3) is 5.01 Å². The Kier molecular flexibility index (Phi) is 4.69. The van der Waals surface area contributed by atoms with E-state index in [1.807, 2.05) is 13.8 Å². The number of thiazole rings is 1. The third-order valence-corrected chi connectivity index (χ3v) is 8.31. The monoisotopic (exact) mass is 454 g/mol. The molecule has 2 atom stereocenters. The van der Waals surface area contributed by atoms with Crippen LogP contribution < -0.4 is 9.05 Å². The summed E-state index contributed by atoms with van der Waals surface area (Å²) >= 11 is 3.24. The van der Waals surface area contributed by atoms with Crippen molar-refractivity contribution in [3.8, 4) is 0 Å². The molecule has 0 aliphatic carbocycles. The molecule has 3 aromatic rings. The van der Waals surface area contributed by atoms with Crippen molar-refractivity contribution < 1.29 is 24.4 Å². The van der Waals surface area contributed by atoms with Gasteiger partial charge in [0.15, 0.2) is 23.8 Å². The first-order chi connectivity index (χ1) is 14.8. The quantitative estimate of drug-likeness (QED) is 0.344. The lowest BCUT2D eigenvalue weighted by atomic mass is 10.2. The van der Waals surface area contributed by atoms with Crippen LogP contribution in [-0.2, 0) is 16.1 Å². The van der Waals surface area contributed by atoms with E-state index < -0.39 is 18.0 Å². The van der Waals surface area contributed by atoms with Crippen molar-refractivity contribution in [2.24, 2.45) is 0 Å². The highest BCUT2D eigenvalue weighted by atomic mass is 32.2. The molecule has 31 heavy (non-hydrogen) atoms. The fourth-order valence-corrected chi connectivity index (χ4v) is 6.85. The summed E-state index contributed by atoms with van der Waals surface area (Å²) in [6.45, 7) is 4.97. The van der Waals surface area contributed by atoms with Crippen molar-refractivity contribution in [2.75, 3.05) is 6.54 Å². The number of rotatable bonds is 5. The first-order valence-corrected chi connectivity index (χ1v) is 11.7. The van der Waals surface area contributed by atoms with Gasteiger partial charge in [-0.2, -0.15) is 4.57 Å². The summed E-state index contributed by atoms with van der Waals surface area (Å²) in [5, 5.41) is 21.0. The predicted octanol–water partition coefficient (Wildman–Crippen LogP) is 4.16. The van der Waals surface area contributed by atoms with E-state index >= 15 is 0 Å². The average Bonchev–Trinajstić information content (AvgIpc) is 3.29. The molecule has 2 aliphatic rings. The van der Waals surface area contributed by atoms with Gasteiger partial charge in [0.2, 0.25) is 11.6 Å². The van der Waals surface area contributed by atoms with Crippen molar-refractivity contribution in [3.63, 3.8) is 0 Å². The van der Waals surface area contributed by atoms with Gasteiger partial charge in [-0.3, -0.25) is 4.79 Å². The highest BCUT2D eigenvalue weighted by Crippen LogP contribution is 2.59. The van der Waals surface area contributed by atoms with Gasteiger partial charge in [-0.25, -0.2) is 9.28 Å². The fraction of sp³-hybridized carbons (Fsp3) is 0.261. The van der Waals surface area contributed by atoms with E-state index in [0.29, 0.717) is 17.6 Å². The molecular formula is C23H22N2O4S2+2. The number of carboxylic acids is 2. The third kappa shape index (κ3) is 3.26. The Bertz CT molecular complexity index is 1300. The predicted molar refractivity (Wildman–Crippen MR) is 122 cm³/mol. The third-order valence-electron chi connectivity index (χ3n) is 5.98. The van der Waals surface area contributed by atoms with Crippen molar-refractivity contribution in [2.45, 2.75) is 37.8 Å². The van der Waals surface area contributed by atoms with Crippen LogP contribution in [0.1, 0.15) is 22.6 Å². The van der Waals surface area contributed by atoms with E-state index in [-0.39, 0.29) is 6.42 Å². The van der Waals surface area contributed by atoms with E-state index in [1.165, 1.54) is 0 Å². The van der Waals surface area contributed by atoms with Crippen LogP contribution in [0.25, 0.3) is 16.3 Å². The molecule has 2 N–H and O–H groups in total. The zero-order valence-electron chi connectivity index (χ0n) is 17.2. The topological polar surface area (TPSA) is 78.5 Å². The number of fused-ring (bicyclic) bond motifs is 3. The van der Waals surface area contributed by atoms with Crippen molar-refractivity contribution >= 4 is 57.0 Å². The second-order valence-corrected chi connectivity index (χ2v) is 10.3. The molecule has 0 amide bonds. The Morgan fingerprint density at radius 3 is 2.61 bits per heavy atom. The highest BCUT2D eigenvalue weighted by Gasteiger charge is 2.68. The van der Waals surface area contributed by atoms with Gasteiger partial charge in [0.05, 0.1) is 11.0 Å². The van der Waals surface area contributed by atoms with E-state index in [9.17, 15) is 19.8 Å². The Morgan fingerprint density at radius 2 is 1.90 bits per heavy atom. The highest BCUT2D eigenvalue weighted by molar-refractivity contribution is 8.03. The van der Waals surface area contributed by atoms with Gasteiger partial charge >= 0.3 is 11.9 Å². The molecule has 6 nitrogen and oxygen atoms in total. The smallest absolute Gasteiger partial charge is 0.369 e. The minimum Gasteiger partial charge on any atom is -0.481 e. The molecule has 8 heteroatoms. The number of carbonyl (C=O) groups is 2. The molecule has 0 radical (unpaired) electrons.